The van der Waals surface area contributed by atoms with Crippen LogP contribution in [-0.4, -0.2) is 49.0 Å². The molecule has 34 heavy (non-hydrogen) atoms. The fraction of sp³-hybridized carbons (Fsp3) is 0.400. The lowest BCUT2D eigenvalue weighted by Crippen LogP contribution is -2.55. The normalized spacial score (nSPS) is 24.3. The van der Waals surface area contributed by atoms with Crippen LogP contribution in [0.25, 0.3) is 0 Å². The number of halogens is 1. The van der Waals surface area contributed by atoms with E-state index in [9.17, 15) is 18.8 Å². The molecule has 0 radical (unpaired) electrons. The molecule has 3 heterocycles. The molecule has 4 amide bonds. The van der Waals surface area contributed by atoms with Crippen LogP contribution in [0.15, 0.2) is 42.5 Å². The van der Waals surface area contributed by atoms with Crippen molar-refractivity contribution in [2.45, 2.75) is 37.3 Å². The van der Waals surface area contributed by atoms with E-state index in [4.69, 9.17) is 9.47 Å². The number of nitrogens with zero attached hydrogens (tertiary/aromatic N) is 1. The number of hydrogen-bond donors (Lipinski definition) is 2. The van der Waals surface area contributed by atoms with Gasteiger partial charge in [0.05, 0.1) is 7.11 Å². The predicted octanol–water partition coefficient (Wildman–Crippen LogP) is 2.50. The first kappa shape index (κ1) is 22.2. The number of imide groups is 1. The van der Waals surface area contributed by atoms with Crippen molar-refractivity contribution in [2.24, 2.45) is 5.92 Å². The molecule has 8 nitrogen and oxygen atoms in total. The highest BCUT2D eigenvalue weighted by atomic mass is 19.1. The van der Waals surface area contributed by atoms with Crippen molar-refractivity contribution in [2.75, 3.05) is 20.2 Å². The molecular weight excluding hydrogens is 441 g/mol. The number of carbonyl (C=O) groups is 3. The molecule has 3 aliphatic rings. The molecule has 9 heteroatoms. The van der Waals surface area contributed by atoms with E-state index in [0.29, 0.717) is 19.0 Å². The molecule has 2 aromatic rings. The summed E-state index contributed by atoms with van der Waals surface area (Å²) in [6.07, 6.45) is 1.59. The van der Waals surface area contributed by atoms with Crippen LogP contribution in [0.2, 0.25) is 0 Å². The standard InChI is InChI=1S/C25H26FN3O5/c1-33-18-5-2-15(3-6-18)12-16-8-10-29(11-9-16)22(30)21-14-25(23(31)27-24(32)28-25)19-13-17(26)4-7-20(19)34-21/h2-7,13,16,21H,8-12,14H2,1H3,(H2,27,28,31,32)/t21-,25-/m0/s1. The molecule has 2 fully saturated rings. The Labute approximate surface area is 196 Å². The molecule has 2 saturated heterocycles. The molecule has 3 aliphatic heterocycles. The molecule has 1 spiro atoms. The maximum atomic E-state index is 14.0. The van der Waals surface area contributed by atoms with Gasteiger partial charge >= 0.3 is 6.03 Å². The minimum absolute atomic E-state index is 0.0916. The summed E-state index contributed by atoms with van der Waals surface area (Å²) in [6, 6.07) is 11.1. The van der Waals surface area contributed by atoms with Crippen molar-refractivity contribution in [3.8, 4) is 11.5 Å². The second-order valence-corrected chi connectivity index (χ2v) is 9.09. The summed E-state index contributed by atoms with van der Waals surface area (Å²) in [4.78, 5) is 39.8. The Balaban J connectivity index is 1.27. The number of methoxy groups -OCH3 is 1. The summed E-state index contributed by atoms with van der Waals surface area (Å²) < 4.78 is 25.1. The third kappa shape index (κ3) is 3.95. The number of urea groups is 1. The number of ether oxygens (including phenoxy) is 2. The quantitative estimate of drug-likeness (QED) is 0.674. The summed E-state index contributed by atoms with van der Waals surface area (Å²) in [7, 11) is 1.64. The fourth-order valence-electron chi connectivity index (χ4n) is 5.14. The van der Waals surface area contributed by atoms with E-state index in [-0.39, 0.29) is 23.6 Å². The monoisotopic (exact) mass is 467 g/mol. The van der Waals surface area contributed by atoms with E-state index in [1.165, 1.54) is 23.8 Å². The van der Waals surface area contributed by atoms with Gasteiger partial charge in [0.2, 0.25) is 0 Å². The van der Waals surface area contributed by atoms with Crippen LogP contribution in [0.1, 0.15) is 30.4 Å². The van der Waals surface area contributed by atoms with Crippen molar-refractivity contribution in [3.05, 3.63) is 59.4 Å². The molecule has 0 bridgehead atoms. The highest BCUT2D eigenvalue weighted by Gasteiger charge is 2.55. The average molecular weight is 467 g/mol. The molecule has 5 rings (SSSR count). The van der Waals surface area contributed by atoms with Gasteiger partial charge in [0.25, 0.3) is 11.8 Å². The van der Waals surface area contributed by atoms with Crippen LogP contribution in [0.5, 0.6) is 11.5 Å². The average Bonchev–Trinajstić information content (AvgIpc) is 3.12. The van der Waals surface area contributed by atoms with Gasteiger partial charge in [-0.3, -0.25) is 14.9 Å². The van der Waals surface area contributed by atoms with E-state index >= 15 is 0 Å². The van der Waals surface area contributed by atoms with Crippen LogP contribution in [-0.2, 0) is 21.5 Å². The molecule has 2 atom stereocenters. The lowest BCUT2D eigenvalue weighted by atomic mass is 9.81. The Bertz CT molecular complexity index is 1130. The van der Waals surface area contributed by atoms with Gasteiger partial charge in [0.1, 0.15) is 17.3 Å². The van der Waals surface area contributed by atoms with Crippen molar-refractivity contribution in [3.63, 3.8) is 0 Å². The predicted molar refractivity (Wildman–Crippen MR) is 120 cm³/mol. The molecule has 0 unspecified atom stereocenters. The number of benzene rings is 2. The van der Waals surface area contributed by atoms with Gasteiger partial charge < -0.3 is 19.7 Å². The van der Waals surface area contributed by atoms with E-state index in [2.05, 4.69) is 22.8 Å². The molecule has 0 saturated carbocycles. The topological polar surface area (TPSA) is 97.0 Å². The van der Waals surface area contributed by atoms with E-state index in [1.807, 2.05) is 12.1 Å². The zero-order valence-corrected chi connectivity index (χ0v) is 18.8. The lowest BCUT2D eigenvalue weighted by molar-refractivity contribution is -0.143. The zero-order valence-electron chi connectivity index (χ0n) is 18.8. The second kappa shape index (κ2) is 8.62. The van der Waals surface area contributed by atoms with Gasteiger partial charge in [0, 0.05) is 25.1 Å². The highest BCUT2D eigenvalue weighted by molar-refractivity contribution is 6.08. The van der Waals surface area contributed by atoms with Gasteiger partial charge in [-0.1, -0.05) is 12.1 Å². The molecule has 178 valence electrons. The molecule has 2 aromatic carbocycles. The van der Waals surface area contributed by atoms with Gasteiger partial charge in [-0.05, 0) is 61.1 Å². The Morgan fingerprint density at radius 1 is 1.18 bits per heavy atom. The van der Waals surface area contributed by atoms with Crippen LogP contribution in [0.3, 0.4) is 0 Å². The summed E-state index contributed by atoms with van der Waals surface area (Å²) in [6.45, 7) is 1.17. The number of nitrogens with one attached hydrogen (secondary N) is 2. The zero-order chi connectivity index (χ0) is 23.9. The minimum atomic E-state index is -1.53. The van der Waals surface area contributed by atoms with Crippen molar-refractivity contribution in [1.29, 1.82) is 0 Å². The van der Waals surface area contributed by atoms with Crippen LogP contribution < -0.4 is 20.1 Å². The Morgan fingerprint density at radius 3 is 2.56 bits per heavy atom. The van der Waals surface area contributed by atoms with Crippen molar-refractivity contribution in [1.82, 2.24) is 15.5 Å². The van der Waals surface area contributed by atoms with Gasteiger partial charge in [-0.15, -0.1) is 0 Å². The van der Waals surface area contributed by atoms with Crippen LogP contribution >= 0.6 is 0 Å². The van der Waals surface area contributed by atoms with Gasteiger partial charge in [-0.25, -0.2) is 9.18 Å². The summed E-state index contributed by atoms with van der Waals surface area (Å²) in [5.74, 6) is 0.109. The minimum Gasteiger partial charge on any atom is -0.497 e. The fourth-order valence-corrected chi connectivity index (χ4v) is 5.14. The van der Waals surface area contributed by atoms with Crippen LogP contribution in [0, 0.1) is 11.7 Å². The maximum Gasteiger partial charge on any atom is 0.322 e. The number of carbonyl (C=O) groups excluding carboxylic acids is 3. The number of amides is 4. The van der Waals surface area contributed by atoms with Crippen LogP contribution in [0.4, 0.5) is 9.18 Å². The summed E-state index contributed by atoms with van der Waals surface area (Å²) in [5.41, 5.74) is -0.0761. The molecule has 0 aromatic heterocycles. The van der Waals surface area contributed by atoms with E-state index in [0.717, 1.165) is 25.0 Å². The Morgan fingerprint density at radius 2 is 1.91 bits per heavy atom. The first-order valence-corrected chi connectivity index (χ1v) is 11.4. The van der Waals surface area contributed by atoms with Gasteiger partial charge in [-0.2, -0.15) is 0 Å². The summed E-state index contributed by atoms with van der Waals surface area (Å²) >= 11 is 0. The first-order chi connectivity index (χ1) is 16.4. The second-order valence-electron chi connectivity index (χ2n) is 9.09. The van der Waals surface area contributed by atoms with Crippen molar-refractivity contribution >= 4 is 17.8 Å². The maximum absolute atomic E-state index is 14.0. The summed E-state index contributed by atoms with van der Waals surface area (Å²) in [5, 5.41) is 4.82. The van der Waals surface area contributed by atoms with Gasteiger partial charge in [0.15, 0.2) is 11.6 Å². The first-order valence-electron chi connectivity index (χ1n) is 11.4. The Kier molecular flexibility index (Phi) is 5.63. The molecule has 2 N–H and O–H groups in total. The number of piperidine rings is 1. The third-order valence-electron chi connectivity index (χ3n) is 6.99. The lowest BCUT2D eigenvalue weighted by Gasteiger charge is -2.40. The van der Waals surface area contributed by atoms with E-state index < -0.39 is 29.4 Å². The smallest absolute Gasteiger partial charge is 0.322 e. The molecule has 0 aliphatic carbocycles. The molecular formula is C25H26FN3O5. The number of hydrogen-bond acceptors (Lipinski definition) is 5. The number of rotatable bonds is 4. The van der Waals surface area contributed by atoms with E-state index in [1.54, 1.807) is 12.0 Å². The SMILES string of the molecule is COc1ccc(CC2CCN(C(=O)[C@@H]3C[C@]4(NC(=O)NC4=O)c4cc(F)ccc4O3)CC2)cc1. The van der Waals surface area contributed by atoms with Crippen molar-refractivity contribution < 1.29 is 28.2 Å². The number of fused-ring (bicyclic) bond motifs is 2. The largest absolute Gasteiger partial charge is 0.497 e. The third-order valence-corrected chi connectivity index (χ3v) is 6.99. The number of likely N-dealkylation sites (tertiary alicyclic amines) is 1. The Hall–Kier alpha value is -3.62. The highest BCUT2D eigenvalue weighted by Crippen LogP contribution is 2.42.